The smallest absolute Gasteiger partial charge is 0.0285 e. The molecule has 4 aliphatic carbocycles. The Morgan fingerprint density at radius 1 is 0.667 bits per heavy atom. The number of hydrogen-bond acceptors (Lipinski definition) is 0. The molecule has 0 heterocycles. The van der Waals surface area contributed by atoms with Gasteiger partial charge in [-0.25, -0.2) is 0 Å². The summed E-state index contributed by atoms with van der Waals surface area (Å²) in [5.74, 6) is 0.937. The fourth-order valence-electron chi connectivity index (χ4n) is 6.88. The van der Waals surface area contributed by atoms with Crippen LogP contribution in [-0.2, 0) is 0 Å². The summed E-state index contributed by atoms with van der Waals surface area (Å²) in [4.78, 5) is 0. The van der Waals surface area contributed by atoms with Crippen molar-refractivity contribution in [1.29, 1.82) is 0 Å². The minimum atomic E-state index is 0.646. The van der Waals surface area contributed by atoms with Crippen molar-refractivity contribution in [1.82, 2.24) is 0 Å². The molecule has 0 atom stereocenters. The molecule has 86 valence electrons. The Hall–Kier alpha value is 0. The van der Waals surface area contributed by atoms with Crippen molar-refractivity contribution in [3.8, 4) is 0 Å². The topological polar surface area (TPSA) is 0 Å². The van der Waals surface area contributed by atoms with E-state index in [1.165, 1.54) is 32.1 Å². The predicted octanol–water partition coefficient (Wildman–Crippen LogP) is 4.64. The van der Waals surface area contributed by atoms with E-state index in [0.29, 0.717) is 21.7 Å². The summed E-state index contributed by atoms with van der Waals surface area (Å²) in [5, 5.41) is 0. The van der Waals surface area contributed by atoms with Crippen LogP contribution in [0.25, 0.3) is 0 Å². The average Bonchev–Trinajstić information content (AvgIpc) is 1.93. The van der Waals surface area contributed by atoms with Gasteiger partial charge in [-0.15, -0.1) is 0 Å². The predicted molar refractivity (Wildman–Crippen MR) is 64.7 cm³/mol. The van der Waals surface area contributed by atoms with E-state index in [4.69, 9.17) is 0 Å². The van der Waals surface area contributed by atoms with Gasteiger partial charge in [0, 0.05) is 0 Å². The van der Waals surface area contributed by atoms with E-state index >= 15 is 0 Å². The summed E-state index contributed by atoms with van der Waals surface area (Å²) in [6.07, 6.45) is 7.47. The third-order valence-electron chi connectivity index (χ3n) is 6.27. The first-order valence-corrected chi connectivity index (χ1v) is 6.69. The van der Waals surface area contributed by atoms with Crippen molar-refractivity contribution in [3.63, 3.8) is 0 Å². The van der Waals surface area contributed by atoms with Crippen LogP contribution in [0.1, 0.15) is 66.7 Å². The molecular formula is C15H26. The molecule has 0 nitrogen and oxygen atoms in total. The van der Waals surface area contributed by atoms with Gasteiger partial charge in [-0.3, -0.25) is 0 Å². The highest BCUT2D eigenvalue weighted by molar-refractivity contribution is 5.15. The minimum absolute atomic E-state index is 0.646. The molecule has 0 aliphatic heterocycles. The summed E-state index contributed by atoms with van der Waals surface area (Å²) in [7, 11) is 0. The van der Waals surface area contributed by atoms with Gasteiger partial charge in [0.2, 0.25) is 0 Å². The van der Waals surface area contributed by atoms with E-state index < -0.39 is 0 Å². The Balaban J connectivity index is 2.12. The lowest BCUT2D eigenvalue weighted by molar-refractivity contribution is -0.214. The molecule has 0 unspecified atom stereocenters. The zero-order valence-electron chi connectivity index (χ0n) is 11.1. The van der Waals surface area contributed by atoms with Gasteiger partial charge in [-0.2, -0.15) is 0 Å². The summed E-state index contributed by atoms with van der Waals surface area (Å²) in [5.41, 5.74) is 2.63. The van der Waals surface area contributed by atoms with E-state index in [1.54, 1.807) is 0 Å². The molecule has 4 aliphatic rings. The van der Waals surface area contributed by atoms with Crippen molar-refractivity contribution < 1.29 is 0 Å². The second kappa shape index (κ2) is 2.31. The Morgan fingerprint density at radius 3 is 1.33 bits per heavy atom. The lowest BCUT2D eigenvalue weighted by Gasteiger charge is -2.71. The molecule has 4 rings (SSSR count). The lowest BCUT2D eigenvalue weighted by Crippen LogP contribution is -2.62. The van der Waals surface area contributed by atoms with Gasteiger partial charge in [0.25, 0.3) is 0 Å². The molecule has 15 heavy (non-hydrogen) atoms. The van der Waals surface area contributed by atoms with Crippen molar-refractivity contribution in [2.45, 2.75) is 66.7 Å². The maximum absolute atomic E-state index is 2.57. The standard InChI is InChI=1S/C15H26/c1-11-14(4)7-12(2)6-13(3,9-14)10-15(11,5)8-12/h11H,6-10H2,1-5H3. The quantitative estimate of drug-likeness (QED) is 0.541. The third kappa shape index (κ3) is 1.14. The molecule has 0 aromatic heterocycles. The number of rotatable bonds is 0. The van der Waals surface area contributed by atoms with E-state index in [1.807, 2.05) is 0 Å². The Morgan fingerprint density at radius 2 is 1.00 bits per heavy atom. The molecule has 0 amide bonds. The molecule has 0 saturated heterocycles. The zero-order chi connectivity index (χ0) is 11.1. The first-order chi connectivity index (χ1) is 6.69. The zero-order valence-corrected chi connectivity index (χ0v) is 11.1. The van der Waals surface area contributed by atoms with Crippen molar-refractivity contribution in [3.05, 3.63) is 0 Å². The van der Waals surface area contributed by atoms with E-state index in [-0.39, 0.29) is 0 Å². The van der Waals surface area contributed by atoms with Crippen LogP contribution in [0.15, 0.2) is 0 Å². The fourth-order valence-corrected chi connectivity index (χ4v) is 6.88. The first-order valence-electron chi connectivity index (χ1n) is 6.69. The van der Waals surface area contributed by atoms with Gasteiger partial charge in [0.1, 0.15) is 0 Å². The van der Waals surface area contributed by atoms with Gasteiger partial charge in [0.15, 0.2) is 0 Å². The van der Waals surface area contributed by atoms with E-state index in [2.05, 4.69) is 34.6 Å². The van der Waals surface area contributed by atoms with Crippen molar-refractivity contribution in [2.24, 2.45) is 27.6 Å². The molecule has 4 bridgehead atoms. The summed E-state index contributed by atoms with van der Waals surface area (Å²) in [6.45, 7) is 12.8. The fraction of sp³-hybridized carbons (Fsp3) is 1.00. The maximum Gasteiger partial charge on any atom is -0.0285 e. The highest BCUT2D eigenvalue weighted by Crippen LogP contribution is 2.75. The van der Waals surface area contributed by atoms with Crippen LogP contribution in [0.2, 0.25) is 0 Å². The van der Waals surface area contributed by atoms with Gasteiger partial charge in [-0.1, -0.05) is 34.6 Å². The van der Waals surface area contributed by atoms with Crippen LogP contribution in [0.3, 0.4) is 0 Å². The van der Waals surface area contributed by atoms with Crippen LogP contribution < -0.4 is 0 Å². The molecule has 0 radical (unpaired) electrons. The molecular weight excluding hydrogens is 180 g/mol. The summed E-state index contributed by atoms with van der Waals surface area (Å²) in [6, 6.07) is 0. The van der Waals surface area contributed by atoms with E-state index in [9.17, 15) is 0 Å². The van der Waals surface area contributed by atoms with Crippen molar-refractivity contribution >= 4 is 0 Å². The Kier molecular flexibility index (Phi) is 1.57. The van der Waals surface area contributed by atoms with E-state index in [0.717, 1.165) is 5.92 Å². The van der Waals surface area contributed by atoms with Gasteiger partial charge in [0.05, 0.1) is 0 Å². The Labute approximate surface area is 94.8 Å². The van der Waals surface area contributed by atoms with Crippen LogP contribution in [-0.4, -0.2) is 0 Å². The molecule has 0 aromatic carbocycles. The maximum atomic E-state index is 2.57. The molecule has 0 heteroatoms. The summed E-state index contributed by atoms with van der Waals surface area (Å²) >= 11 is 0. The largest absolute Gasteiger partial charge is 0.0615 e. The summed E-state index contributed by atoms with van der Waals surface area (Å²) < 4.78 is 0. The Bertz CT molecular complexity index is 270. The molecule has 0 aromatic rings. The second-order valence-corrected chi connectivity index (χ2v) is 8.53. The minimum Gasteiger partial charge on any atom is -0.0615 e. The highest BCUT2D eigenvalue weighted by Gasteiger charge is 2.65. The second-order valence-electron chi connectivity index (χ2n) is 8.53. The van der Waals surface area contributed by atoms with Crippen LogP contribution >= 0.6 is 0 Å². The average molecular weight is 206 g/mol. The first kappa shape index (κ1) is 10.2. The lowest BCUT2D eigenvalue weighted by atomic mass is 9.34. The highest BCUT2D eigenvalue weighted by atomic mass is 14.7. The third-order valence-corrected chi connectivity index (χ3v) is 6.27. The molecule has 4 saturated carbocycles. The van der Waals surface area contributed by atoms with Gasteiger partial charge in [-0.05, 0) is 59.7 Å². The molecule has 0 N–H and O–H groups in total. The van der Waals surface area contributed by atoms with Crippen molar-refractivity contribution in [2.75, 3.05) is 0 Å². The number of hydrogen-bond donors (Lipinski definition) is 0. The van der Waals surface area contributed by atoms with Gasteiger partial charge >= 0.3 is 0 Å². The van der Waals surface area contributed by atoms with Crippen LogP contribution in [0.5, 0.6) is 0 Å². The molecule has 0 spiro atoms. The monoisotopic (exact) mass is 206 g/mol. The normalized spacial score (nSPS) is 67.4. The molecule has 4 fully saturated rings. The van der Waals surface area contributed by atoms with Crippen LogP contribution in [0, 0.1) is 27.6 Å². The van der Waals surface area contributed by atoms with Crippen LogP contribution in [0.4, 0.5) is 0 Å². The van der Waals surface area contributed by atoms with Gasteiger partial charge < -0.3 is 0 Å². The SMILES string of the molecule is CC1C2(C)CC3(C)CC(C)(C2)CC1(C)C3.